The van der Waals surface area contributed by atoms with Crippen LogP contribution in [0.2, 0.25) is 0 Å². The third-order valence-corrected chi connectivity index (χ3v) is 3.22. The van der Waals surface area contributed by atoms with Crippen molar-refractivity contribution in [2.75, 3.05) is 33.2 Å². The van der Waals surface area contributed by atoms with Gasteiger partial charge in [-0.2, -0.15) is 0 Å². The average Bonchev–Trinajstić information content (AvgIpc) is 2.58. The standard InChI is InChI=1S/C12H24N2O/c1-11(2)13(3)7-4-5-8-14-9-6-12(15)10-14/h11H,4-10H2,1-3H3. The maximum atomic E-state index is 11.0. The van der Waals surface area contributed by atoms with E-state index in [0.717, 1.165) is 19.5 Å². The smallest absolute Gasteiger partial charge is 0.148 e. The van der Waals surface area contributed by atoms with Gasteiger partial charge in [0.15, 0.2) is 0 Å². The van der Waals surface area contributed by atoms with Crippen LogP contribution in [-0.4, -0.2) is 54.9 Å². The van der Waals surface area contributed by atoms with Crippen LogP contribution in [-0.2, 0) is 4.79 Å². The van der Waals surface area contributed by atoms with Crippen LogP contribution in [0.25, 0.3) is 0 Å². The van der Waals surface area contributed by atoms with Crippen LogP contribution in [0.1, 0.15) is 33.1 Å². The predicted molar refractivity (Wildman–Crippen MR) is 63.1 cm³/mol. The molecular formula is C12H24N2O. The van der Waals surface area contributed by atoms with Gasteiger partial charge in [0.25, 0.3) is 0 Å². The van der Waals surface area contributed by atoms with Crippen LogP contribution in [0.5, 0.6) is 0 Å². The lowest BCUT2D eigenvalue weighted by molar-refractivity contribution is -0.116. The van der Waals surface area contributed by atoms with Crippen molar-refractivity contribution >= 4 is 5.78 Å². The summed E-state index contributed by atoms with van der Waals surface area (Å²) in [5.41, 5.74) is 0. The van der Waals surface area contributed by atoms with Crippen molar-refractivity contribution in [3.63, 3.8) is 0 Å². The Balaban J connectivity index is 1.99. The Morgan fingerprint density at radius 1 is 1.40 bits per heavy atom. The number of rotatable bonds is 6. The molecule has 0 aliphatic carbocycles. The molecule has 3 heteroatoms. The lowest BCUT2D eigenvalue weighted by Crippen LogP contribution is -2.28. The molecule has 0 radical (unpaired) electrons. The Bertz CT molecular complexity index is 204. The normalized spacial score (nSPS) is 18.3. The van der Waals surface area contributed by atoms with Gasteiger partial charge in [0, 0.05) is 19.0 Å². The van der Waals surface area contributed by atoms with Crippen LogP contribution < -0.4 is 0 Å². The SMILES string of the molecule is CC(C)N(C)CCCCN1CCC(=O)C1. The summed E-state index contributed by atoms with van der Waals surface area (Å²) < 4.78 is 0. The minimum atomic E-state index is 0.411. The highest BCUT2D eigenvalue weighted by atomic mass is 16.1. The third-order valence-electron chi connectivity index (χ3n) is 3.22. The molecule has 3 nitrogen and oxygen atoms in total. The molecule has 0 bridgehead atoms. The Morgan fingerprint density at radius 2 is 2.13 bits per heavy atom. The molecule has 0 unspecified atom stereocenters. The molecule has 1 saturated heterocycles. The topological polar surface area (TPSA) is 23.6 Å². The first kappa shape index (κ1) is 12.7. The Labute approximate surface area is 93.4 Å². The number of likely N-dealkylation sites (tertiary alicyclic amines) is 1. The van der Waals surface area contributed by atoms with Crippen molar-refractivity contribution in [1.82, 2.24) is 9.80 Å². The lowest BCUT2D eigenvalue weighted by atomic mass is 10.2. The largest absolute Gasteiger partial charge is 0.304 e. The van der Waals surface area contributed by atoms with Gasteiger partial charge in [-0.05, 0) is 46.8 Å². The van der Waals surface area contributed by atoms with E-state index in [4.69, 9.17) is 0 Å². The first-order valence-electron chi connectivity index (χ1n) is 6.04. The number of Topliss-reactive ketones (excluding diaryl/α,β-unsaturated/α-hetero) is 1. The molecule has 0 aromatic carbocycles. The molecule has 0 amide bonds. The van der Waals surface area contributed by atoms with Crippen LogP contribution in [0.15, 0.2) is 0 Å². The van der Waals surface area contributed by atoms with E-state index in [1.165, 1.54) is 19.4 Å². The van der Waals surface area contributed by atoms with Crippen molar-refractivity contribution in [3.05, 3.63) is 0 Å². The lowest BCUT2D eigenvalue weighted by Gasteiger charge is -2.21. The molecule has 0 atom stereocenters. The molecule has 1 heterocycles. The van der Waals surface area contributed by atoms with Gasteiger partial charge in [-0.15, -0.1) is 0 Å². The van der Waals surface area contributed by atoms with E-state index >= 15 is 0 Å². The molecule has 0 saturated carbocycles. The Hall–Kier alpha value is -0.410. The van der Waals surface area contributed by atoms with Crippen molar-refractivity contribution in [2.24, 2.45) is 0 Å². The second-order valence-corrected chi connectivity index (χ2v) is 4.85. The maximum absolute atomic E-state index is 11.0. The molecule has 0 spiro atoms. The summed E-state index contributed by atoms with van der Waals surface area (Å²) in [5, 5.41) is 0. The zero-order chi connectivity index (χ0) is 11.3. The molecule has 0 aromatic heterocycles. The van der Waals surface area contributed by atoms with Gasteiger partial charge in [0.05, 0.1) is 6.54 Å². The van der Waals surface area contributed by atoms with E-state index < -0.39 is 0 Å². The van der Waals surface area contributed by atoms with Gasteiger partial charge in [-0.3, -0.25) is 9.69 Å². The number of nitrogens with zero attached hydrogens (tertiary/aromatic N) is 2. The van der Waals surface area contributed by atoms with E-state index in [2.05, 4.69) is 30.7 Å². The zero-order valence-corrected chi connectivity index (χ0v) is 10.3. The number of carbonyl (C=O) groups is 1. The minimum Gasteiger partial charge on any atom is -0.304 e. The molecule has 1 aliphatic rings. The zero-order valence-electron chi connectivity index (χ0n) is 10.3. The number of ketones is 1. The molecule has 0 N–H and O–H groups in total. The highest BCUT2D eigenvalue weighted by Gasteiger charge is 2.18. The Morgan fingerprint density at radius 3 is 2.67 bits per heavy atom. The first-order valence-corrected chi connectivity index (χ1v) is 6.04. The van der Waals surface area contributed by atoms with Gasteiger partial charge < -0.3 is 4.90 Å². The molecule has 1 rings (SSSR count). The summed E-state index contributed by atoms with van der Waals surface area (Å²) in [6.07, 6.45) is 3.22. The van der Waals surface area contributed by atoms with Crippen LogP contribution in [0.3, 0.4) is 0 Å². The summed E-state index contributed by atoms with van der Waals surface area (Å²) in [5.74, 6) is 0.411. The van der Waals surface area contributed by atoms with Crippen LogP contribution >= 0.6 is 0 Å². The fraction of sp³-hybridized carbons (Fsp3) is 0.917. The summed E-state index contributed by atoms with van der Waals surface area (Å²) in [6, 6.07) is 0.637. The minimum absolute atomic E-state index is 0.411. The fourth-order valence-corrected chi connectivity index (χ4v) is 1.84. The number of unbranched alkanes of at least 4 members (excludes halogenated alkanes) is 1. The van der Waals surface area contributed by atoms with Crippen LogP contribution in [0, 0.1) is 0 Å². The van der Waals surface area contributed by atoms with Gasteiger partial charge in [-0.1, -0.05) is 0 Å². The van der Waals surface area contributed by atoms with Crippen molar-refractivity contribution < 1.29 is 4.79 Å². The van der Waals surface area contributed by atoms with E-state index in [0.29, 0.717) is 18.4 Å². The molecule has 88 valence electrons. The van der Waals surface area contributed by atoms with Crippen molar-refractivity contribution in [3.8, 4) is 0 Å². The van der Waals surface area contributed by atoms with Crippen molar-refractivity contribution in [1.29, 1.82) is 0 Å². The summed E-state index contributed by atoms with van der Waals surface area (Å²) in [4.78, 5) is 15.7. The van der Waals surface area contributed by atoms with Gasteiger partial charge in [-0.25, -0.2) is 0 Å². The van der Waals surface area contributed by atoms with E-state index in [9.17, 15) is 4.79 Å². The van der Waals surface area contributed by atoms with Crippen molar-refractivity contribution in [2.45, 2.75) is 39.2 Å². The second-order valence-electron chi connectivity index (χ2n) is 4.85. The molecule has 1 fully saturated rings. The first-order chi connectivity index (χ1) is 7.09. The number of hydrogen-bond donors (Lipinski definition) is 0. The number of carbonyl (C=O) groups excluding carboxylic acids is 1. The molecule has 0 aromatic rings. The summed E-state index contributed by atoms with van der Waals surface area (Å²) >= 11 is 0. The van der Waals surface area contributed by atoms with Crippen LogP contribution in [0.4, 0.5) is 0 Å². The van der Waals surface area contributed by atoms with Gasteiger partial charge in [0.1, 0.15) is 5.78 Å². The number of hydrogen-bond acceptors (Lipinski definition) is 3. The third kappa shape index (κ3) is 4.76. The maximum Gasteiger partial charge on any atom is 0.148 e. The Kier molecular flexibility index (Phi) is 5.26. The summed E-state index contributed by atoms with van der Waals surface area (Å²) in [6.45, 7) is 8.38. The quantitative estimate of drug-likeness (QED) is 0.622. The van der Waals surface area contributed by atoms with E-state index in [1.807, 2.05) is 0 Å². The predicted octanol–water partition coefficient (Wildman–Crippen LogP) is 1.38. The molecular weight excluding hydrogens is 188 g/mol. The highest BCUT2D eigenvalue weighted by Crippen LogP contribution is 2.06. The second kappa shape index (κ2) is 6.23. The highest BCUT2D eigenvalue weighted by molar-refractivity contribution is 5.82. The molecule has 15 heavy (non-hydrogen) atoms. The molecule has 1 aliphatic heterocycles. The van der Waals surface area contributed by atoms with Gasteiger partial charge >= 0.3 is 0 Å². The van der Waals surface area contributed by atoms with E-state index in [1.54, 1.807) is 0 Å². The monoisotopic (exact) mass is 212 g/mol. The average molecular weight is 212 g/mol. The van der Waals surface area contributed by atoms with E-state index in [-0.39, 0.29) is 0 Å². The fourth-order valence-electron chi connectivity index (χ4n) is 1.84. The summed E-state index contributed by atoms with van der Waals surface area (Å²) in [7, 11) is 2.17. The van der Waals surface area contributed by atoms with Gasteiger partial charge in [0.2, 0.25) is 0 Å².